The number of azide groups is 1. The summed E-state index contributed by atoms with van der Waals surface area (Å²) in [6, 6.07) is 12.0. The Kier molecular flexibility index (Phi) is 7.10. The normalized spacial score (nSPS) is 21.7. The van der Waals surface area contributed by atoms with Gasteiger partial charge in [0.2, 0.25) is 0 Å². The second-order valence-electron chi connectivity index (χ2n) is 8.64. The topological polar surface area (TPSA) is 83.7 Å². The fourth-order valence-corrected chi connectivity index (χ4v) is 4.61. The quantitative estimate of drug-likeness (QED) is 0.328. The van der Waals surface area contributed by atoms with E-state index in [1.54, 1.807) is 0 Å². The molecule has 1 aromatic heterocycles. The van der Waals surface area contributed by atoms with E-state index in [-0.39, 0.29) is 5.92 Å². The Morgan fingerprint density at radius 2 is 2.07 bits per heavy atom. The van der Waals surface area contributed by atoms with Crippen LogP contribution in [0.15, 0.2) is 41.5 Å². The smallest absolute Gasteiger partial charge is 0.142 e. The molecule has 29 heavy (non-hydrogen) atoms. The predicted octanol–water partition coefficient (Wildman–Crippen LogP) is 5.68. The maximum atomic E-state index is 13.3. The van der Waals surface area contributed by atoms with Gasteiger partial charge in [-0.2, -0.15) is 5.10 Å². The lowest BCUT2D eigenvalue weighted by Gasteiger charge is -2.36. The van der Waals surface area contributed by atoms with E-state index in [4.69, 9.17) is 10.6 Å². The van der Waals surface area contributed by atoms with Crippen molar-refractivity contribution in [1.29, 1.82) is 0 Å². The summed E-state index contributed by atoms with van der Waals surface area (Å²) in [5.74, 6) is 2.03. The minimum Gasteiger partial charge on any atom is -0.299 e. The summed E-state index contributed by atoms with van der Waals surface area (Å²) in [5.41, 5.74) is 11.4. The first-order valence-corrected chi connectivity index (χ1v) is 10.6. The fraction of sp³-hybridized carbons (Fsp3) is 0.565. The third-order valence-corrected chi connectivity index (χ3v) is 6.20. The average molecular weight is 394 g/mol. The monoisotopic (exact) mass is 393 g/mol. The summed E-state index contributed by atoms with van der Waals surface area (Å²) in [6.45, 7) is 7.53. The van der Waals surface area contributed by atoms with Crippen molar-refractivity contribution in [3.8, 4) is 11.3 Å². The maximum Gasteiger partial charge on any atom is 0.142 e. The van der Waals surface area contributed by atoms with E-state index in [1.165, 1.54) is 6.42 Å². The van der Waals surface area contributed by atoms with Crippen LogP contribution in [0.3, 0.4) is 0 Å². The highest BCUT2D eigenvalue weighted by Crippen LogP contribution is 2.39. The van der Waals surface area contributed by atoms with Crippen LogP contribution in [0, 0.1) is 23.7 Å². The summed E-state index contributed by atoms with van der Waals surface area (Å²) in [5, 5.41) is 8.34. The van der Waals surface area contributed by atoms with E-state index < -0.39 is 0 Å². The third kappa shape index (κ3) is 5.27. The zero-order chi connectivity index (χ0) is 20.8. The molecule has 0 saturated heterocycles. The number of aromatic nitrogens is 2. The average Bonchev–Trinajstić information content (AvgIpc) is 3.11. The Hall–Kier alpha value is -2.59. The molecule has 6 nitrogen and oxygen atoms in total. The number of hydrogen-bond donors (Lipinski definition) is 0. The van der Waals surface area contributed by atoms with E-state index >= 15 is 0 Å². The second-order valence-corrected chi connectivity index (χ2v) is 8.64. The summed E-state index contributed by atoms with van der Waals surface area (Å²) in [4.78, 5) is 16.2. The number of carbonyl (C=O) groups is 1. The molecule has 2 aromatic rings. The molecule has 1 aliphatic rings. The summed E-state index contributed by atoms with van der Waals surface area (Å²) < 4.78 is 1.84. The summed E-state index contributed by atoms with van der Waals surface area (Å²) in [6.07, 6.45) is 3.73. The van der Waals surface area contributed by atoms with Gasteiger partial charge in [-0.1, -0.05) is 62.6 Å². The van der Waals surface area contributed by atoms with Crippen molar-refractivity contribution in [2.45, 2.75) is 53.0 Å². The van der Waals surface area contributed by atoms with E-state index in [9.17, 15) is 4.79 Å². The van der Waals surface area contributed by atoms with E-state index in [2.05, 4.69) is 30.8 Å². The summed E-state index contributed by atoms with van der Waals surface area (Å²) in [7, 11) is 0. The number of rotatable bonds is 8. The van der Waals surface area contributed by atoms with Crippen molar-refractivity contribution in [2.75, 3.05) is 6.54 Å². The first-order chi connectivity index (χ1) is 14.0. The van der Waals surface area contributed by atoms with E-state index in [0.717, 1.165) is 29.8 Å². The highest BCUT2D eigenvalue weighted by atomic mass is 16.1. The number of carbonyl (C=O) groups excluding carboxylic acids is 1. The molecule has 3 rings (SSSR count). The minimum absolute atomic E-state index is 0.124. The standard InChI is InChI=1S/C23H31N5O/c1-16(2)20-10-9-17(3)13-21(20)23(29)15-19-14-22(18-7-5-4-6-8-18)26-28(19)12-11-25-27-24/h4-8,14,16-17,20-21H,9-13,15H2,1-3H3/t17-,20+,21-/m1/s1. The van der Waals surface area contributed by atoms with Crippen LogP contribution < -0.4 is 0 Å². The molecule has 154 valence electrons. The van der Waals surface area contributed by atoms with Gasteiger partial charge in [-0.3, -0.25) is 9.48 Å². The number of benzene rings is 1. The van der Waals surface area contributed by atoms with Crippen molar-refractivity contribution in [3.05, 3.63) is 52.5 Å². The van der Waals surface area contributed by atoms with Gasteiger partial charge in [0.25, 0.3) is 0 Å². The molecule has 0 unspecified atom stereocenters. The number of hydrogen-bond acceptors (Lipinski definition) is 3. The van der Waals surface area contributed by atoms with Gasteiger partial charge in [0.1, 0.15) is 5.78 Å². The van der Waals surface area contributed by atoms with Crippen LogP contribution in [0.2, 0.25) is 0 Å². The molecular formula is C23H31N5O. The Morgan fingerprint density at radius 1 is 1.31 bits per heavy atom. The zero-order valence-electron chi connectivity index (χ0n) is 17.7. The van der Waals surface area contributed by atoms with Gasteiger partial charge in [0.15, 0.2) is 0 Å². The van der Waals surface area contributed by atoms with Gasteiger partial charge in [0.05, 0.1) is 5.69 Å². The molecule has 0 spiro atoms. The van der Waals surface area contributed by atoms with Crippen LogP contribution in [0.4, 0.5) is 0 Å². The first-order valence-electron chi connectivity index (χ1n) is 10.6. The third-order valence-electron chi connectivity index (χ3n) is 6.20. The van der Waals surface area contributed by atoms with Gasteiger partial charge in [-0.15, -0.1) is 0 Å². The van der Waals surface area contributed by atoms with Gasteiger partial charge >= 0.3 is 0 Å². The number of Topliss-reactive ketones (excluding diaryl/α,β-unsaturated/α-hetero) is 1. The molecule has 1 heterocycles. The lowest BCUT2D eigenvalue weighted by atomic mass is 9.68. The Morgan fingerprint density at radius 3 is 2.76 bits per heavy atom. The molecule has 3 atom stereocenters. The largest absolute Gasteiger partial charge is 0.299 e. The molecule has 0 N–H and O–H groups in total. The lowest BCUT2D eigenvalue weighted by Crippen LogP contribution is -2.34. The fourth-order valence-electron chi connectivity index (χ4n) is 4.61. The van der Waals surface area contributed by atoms with Gasteiger partial charge in [-0.05, 0) is 42.2 Å². The van der Waals surface area contributed by atoms with Crippen molar-refractivity contribution >= 4 is 5.78 Å². The highest BCUT2D eigenvalue weighted by molar-refractivity contribution is 5.83. The minimum atomic E-state index is 0.124. The zero-order valence-corrected chi connectivity index (χ0v) is 17.7. The van der Waals surface area contributed by atoms with E-state index in [1.807, 2.05) is 41.1 Å². The second kappa shape index (κ2) is 9.75. The predicted molar refractivity (Wildman–Crippen MR) is 115 cm³/mol. The first kappa shape index (κ1) is 21.1. The van der Waals surface area contributed by atoms with Crippen LogP contribution in [0.25, 0.3) is 21.7 Å². The van der Waals surface area contributed by atoms with Crippen LogP contribution in [0.1, 0.15) is 45.7 Å². The Labute approximate surface area is 172 Å². The van der Waals surface area contributed by atoms with Crippen molar-refractivity contribution in [1.82, 2.24) is 9.78 Å². The van der Waals surface area contributed by atoms with Crippen molar-refractivity contribution in [2.24, 2.45) is 28.8 Å². The molecule has 0 bridgehead atoms. The van der Waals surface area contributed by atoms with Crippen molar-refractivity contribution in [3.63, 3.8) is 0 Å². The molecule has 1 saturated carbocycles. The van der Waals surface area contributed by atoms with Gasteiger partial charge in [0, 0.05) is 41.6 Å². The lowest BCUT2D eigenvalue weighted by molar-refractivity contribution is -0.126. The Balaban J connectivity index is 1.84. The van der Waals surface area contributed by atoms with Gasteiger partial charge < -0.3 is 0 Å². The van der Waals surface area contributed by atoms with Crippen LogP contribution >= 0.6 is 0 Å². The number of nitrogens with zero attached hydrogens (tertiary/aromatic N) is 5. The highest BCUT2D eigenvalue weighted by Gasteiger charge is 2.35. The van der Waals surface area contributed by atoms with Crippen LogP contribution in [0.5, 0.6) is 0 Å². The molecule has 0 radical (unpaired) electrons. The molecule has 0 amide bonds. The molecular weight excluding hydrogens is 362 g/mol. The maximum absolute atomic E-state index is 13.3. The molecule has 1 fully saturated rings. The summed E-state index contributed by atoms with van der Waals surface area (Å²) >= 11 is 0. The SMILES string of the molecule is CC(C)[C@@H]1CC[C@@H](C)C[C@H]1C(=O)Cc1cc(-c2ccccc2)nn1CCN=[N+]=[N-]. The van der Waals surface area contributed by atoms with Gasteiger partial charge in [-0.25, -0.2) is 0 Å². The molecule has 0 aliphatic heterocycles. The molecule has 1 aliphatic carbocycles. The molecule has 1 aromatic carbocycles. The van der Waals surface area contributed by atoms with Crippen LogP contribution in [-0.4, -0.2) is 22.1 Å². The Bertz CT molecular complexity index is 867. The van der Waals surface area contributed by atoms with E-state index in [0.29, 0.717) is 43.0 Å². The molecule has 6 heteroatoms. The van der Waals surface area contributed by atoms with Crippen LogP contribution in [-0.2, 0) is 17.8 Å². The number of ketones is 1. The van der Waals surface area contributed by atoms with Crippen molar-refractivity contribution < 1.29 is 4.79 Å².